The van der Waals surface area contributed by atoms with Gasteiger partial charge in [-0.05, 0) is 86.8 Å². The van der Waals surface area contributed by atoms with Gasteiger partial charge >= 0.3 is 0 Å². The number of aryl methyl sites for hydroxylation is 2. The standard InChI is InChI=1S/C32H42Cl2N6O/c1-20-5-6-24(13-21(20)2)16-35-32(40-17-22(3)37-23(4)18-40)38-27-9-10-28-30(15-27)36-19-39(31(28)41)12-11-25-7-8-26(33)14-29(25)34/h7-10,14-15,19-24,37H,5-6,11-13,16-18H2,1-4H3,(H,35,38)/t20?,21?,22-,23+,24?. The van der Waals surface area contributed by atoms with Gasteiger partial charge in [-0.25, -0.2) is 4.98 Å². The summed E-state index contributed by atoms with van der Waals surface area (Å²) in [5.41, 5.74) is 2.43. The Morgan fingerprint density at radius 2 is 1.83 bits per heavy atom. The highest BCUT2D eigenvalue weighted by molar-refractivity contribution is 6.35. The average Bonchev–Trinajstić information content (AvgIpc) is 2.93. The zero-order valence-corrected chi connectivity index (χ0v) is 26.0. The molecule has 5 atom stereocenters. The molecule has 5 rings (SSSR count). The van der Waals surface area contributed by atoms with Gasteiger partial charge in [0, 0.05) is 54.0 Å². The predicted molar refractivity (Wildman–Crippen MR) is 171 cm³/mol. The van der Waals surface area contributed by atoms with E-state index in [1.807, 2.05) is 30.3 Å². The Bertz CT molecular complexity index is 1450. The molecule has 2 aromatic carbocycles. The second-order valence-electron chi connectivity index (χ2n) is 12.3. The number of aliphatic imine (C=N–C) groups is 1. The van der Waals surface area contributed by atoms with Crippen molar-refractivity contribution in [1.29, 1.82) is 0 Å². The van der Waals surface area contributed by atoms with E-state index in [-0.39, 0.29) is 5.56 Å². The number of hydrogen-bond donors (Lipinski definition) is 2. The van der Waals surface area contributed by atoms with Crippen molar-refractivity contribution in [3.05, 3.63) is 68.7 Å². The molecule has 220 valence electrons. The first kappa shape index (κ1) is 29.9. The van der Waals surface area contributed by atoms with Gasteiger partial charge in [-0.2, -0.15) is 0 Å². The topological polar surface area (TPSA) is 74.5 Å². The van der Waals surface area contributed by atoms with E-state index in [2.05, 4.69) is 48.2 Å². The lowest BCUT2D eigenvalue weighted by Gasteiger charge is -2.38. The highest BCUT2D eigenvalue weighted by atomic mass is 35.5. The minimum absolute atomic E-state index is 0.0640. The van der Waals surface area contributed by atoms with E-state index in [1.165, 1.54) is 19.3 Å². The Morgan fingerprint density at radius 3 is 2.56 bits per heavy atom. The van der Waals surface area contributed by atoms with Crippen molar-refractivity contribution in [3.63, 3.8) is 0 Å². The van der Waals surface area contributed by atoms with Crippen molar-refractivity contribution in [1.82, 2.24) is 19.8 Å². The zero-order chi connectivity index (χ0) is 29.1. The van der Waals surface area contributed by atoms with Gasteiger partial charge in [0.2, 0.25) is 0 Å². The molecule has 0 amide bonds. The first-order valence-electron chi connectivity index (χ1n) is 14.9. The third-order valence-electron chi connectivity index (χ3n) is 8.78. The van der Waals surface area contributed by atoms with Gasteiger partial charge in [0.15, 0.2) is 5.96 Å². The maximum Gasteiger partial charge on any atom is 0.261 e. The zero-order valence-electron chi connectivity index (χ0n) is 24.5. The van der Waals surface area contributed by atoms with Crippen LogP contribution in [0.25, 0.3) is 10.9 Å². The number of piperazine rings is 1. The molecule has 0 spiro atoms. The Hall–Kier alpha value is -2.61. The Kier molecular flexibility index (Phi) is 9.57. The molecule has 3 unspecified atom stereocenters. The number of nitrogens with one attached hydrogen (secondary N) is 2. The fourth-order valence-electron chi connectivity index (χ4n) is 6.25. The summed E-state index contributed by atoms with van der Waals surface area (Å²) in [4.78, 5) is 25.4. The van der Waals surface area contributed by atoms with Gasteiger partial charge in [0.25, 0.3) is 5.56 Å². The molecule has 0 bridgehead atoms. The van der Waals surface area contributed by atoms with E-state index in [4.69, 9.17) is 28.2 Å². The van der Waals surface area contributed by atoms with Crippen molar-refractivity contribution in [2.75, 3.05) is 25.0 Å². The lowest BCUT2D eigenvalue weighted by atomic mass is 9.76. The van der Waals surface area contributed by atoms with Crippen LogP contribution < -0.4 is 16.2 Å². The molecule has 2 fully saturated rings. The average molecular weight is 598 g/mol. The van der Waals surface area contributed by atoms with Crippen LogP contribution in [-0.2, 0) is 13.0 Å². The van der Waals surface area contributed by atoms with E-state index in [9.17, 15) is 4.79 Å². The number of halogens is 2. The number of nitrogens with zero attached hydrogens (tertiary/aromatic N) is 4. The second kappa shape index (κ2) is 13.1. The summed E-state index contributed by atoms with van der Waals surface area (Å²) in [7, 11) is 0. The van der Waals surface area contributed by atoms with E-state index in [0.29, 0.717) is 51.9 Å². The Balaban J connectivity index is 1.34. The molecular weight excluding hydrogens is 555 g/mol. The molecule has 2 N–H and O–H groups in total. The number of aromatic nitrogens is 2. The minimum atomic E-state index is -0.0640. The number of hydrogen-bond acceptors (Lipinski definition) is 4. The van der Waals surface area contributed by atoms with E-state index < -0.39 is 0 Å². The molecular formula is C32H42Cl2N6O. The fraction of sp³-hybridized carbons (Fsp3) is 0.531. The van der Waals surface area contributed by atoms with E-state index >= 15 is 0 Å². The molecule has 1 aromatic heterocycles. The lowest BCUT2D eigenvalue weighted by Crippen LogP contribution is -2.57. The third-order valence-corrected chi connectivity index (χ3v) is 9.37. The molecule has 3 aromatic rings. The number of guanidine groups is 1. The molecule has 7 nitrogen and oxygen atoms in total. The summed E-state index contributed by atoms with van der Waals surface area (Å²) in [6, 6.07) is 12.0. The predicted octanol–water partition coefficient (Wildman–Crippen LogP) is 6.47. The van der Waals surface area contributed by atoms with Crippen LogP contribution in [0.3, 0.4) is 0 Å². The molecule has 1 aliphatic carbocycles. The van der Waals surface area contributed by atoms with Crippen LogP contribution in [0.1, 0.15) is 52.5 Å². The van der Waals surface area contributed by atoms with Crippen molar-refractivity contribution in [3.8, 4) is 0 Å². The smallest absolute Gasteiger partial charge is 0.261 e. The van der Waals surface area contributed by atoms with Gasteiger partial charge in [-0.1, -0.05) is 49.5 Å². The van der Waals surface area contributed by atoms with Gasteiger partial charge in [-0.3, -0.25) is 14.4 Å². The van der Waals surface area contributed by atoms with Crippen molar-refractivity contribution >= 4 is 45.8 Å². The van der Waals surface area contributed by atoms with E-state index in [1.54, 1.807) is 17.0 Å². The van der Waals surface area contributed by atoms with Gasteiger partial charge < -0.3 is 15.5 Å². The maximum absolute atomic E-state index is 13.3. The second-order valence-corrected chi connectivity index (χ2v) is 13.1. The molecule has 0 radical (unpaired) electrons. The fourth-order valence-corrected chi connectivity index (χ4v) is 6.75. The molecule has 1 saturated heterocycles. The van der Waals surface area contributed by atoms with Crippen LogP contribution in [0.2, 0.25) is 10.0 Å². The Morgan fingerprint density at radius 1 is 1.05 bits per heavy atom. The molecule has 9 heteroatoms. The van der Waals surface area contributed by atoms with Crippen molar-refractivity contribution < 1.29 is 0 Å². The van der Waals surface area contributed by atoms with Crippen LogP contribution in [0, 0.1) is 17.8 Å². The molecule has 2 heterocycles. The maximum atomic E-state index is 13.3. The lowest BCUT2D eigenvalue weighted by molar-refractivity contribution is 0.212. The number of rotatable bonds is 6. The van der Waals surface area contributed by atoms with Crippen LogP contribution in [0.4, 0.5) is 5.69 Å². The minimum Gasteiger partial charge on any atom is -0.340 e. The van der Waals surface area contributed by atoms with Crippen molar-refractivity contribution in [2.45, 2.75) is 72.0 Å². The highest BCUT2D eigenvalue weighted by Gasteiger charge is 2.27. The number of anilines is 1. The SMILES string of the molecule is CC1CCC(C/N=C(/Nc2ccc3c(=O)n(CCc4ccc(Cl)cc4Cl)cnc3c2)N2C[C@@H](C)N[C@@H](C)C2)CC1C. The highest BCUT2D eigenvalue weighted by Crippen LogP contribution is 2.33. The molecule has 41 heavy (non-hydrogen) atoms. The quantitative estimate of drug-likeness (QED) is 0.252. The first-order chi connectivity index (χ1) is 19.7. The first-order valence-corrected chi connectivity index (χ1v) is 15.7. The van der Waals surface area contributed by atoms with Gasteiger partial charge in [0.05, 0.1) is 17.2 Å². The molecule has 1 aliphatic heterocycles. The Labute approximate surface area is 253 Å². The molecule has 2 aliphatic rings. The van der Waals surface area contributed by atoms with Crippen LogP contribution in [0.5, 0.6) is 0 Å². The summed E-state index contributed by atoms with van der Waals surface area (Å²) in [5.74, 6) is 3.07. The number of benzene rings is 2. The number of fused-ring (bicyclic) bond motifs is 1. The summed E-state index contributed by atoms with van der Waals surface area (Å²) in [6.07, 6.45) is 6.00. The van der Waals surface area contributed by atoms with E-state index in [0.717, 1.165) is 48.7 Å². The summed E-state index contributed by atoms with van der Waals surface area (Å²) in [6.45, 7) is 12.3. The molecule has 1 saturated carbocycles. The van der Waals surface area contributed by atoms with Crippen molar-refractivity contribution in [2.24, 2.45) is 22.7 Å². The third kappa shape index (κ3) is 7.43. The summed E-state index contributed by atoms with van der Waals surface area (Å²) in [5, 5.41) is 9.02. The van der Waals surface area contributed by atoms with Gasteiger partial charge in [0.1, 0.15) is 0 Å². The monoisotopic (exact) mass is 596 g/mol. The summed E-state index contributed by atoms with van der Waals surface area (Å²) < 4.78 is 1.64. The summed E-state index contributed by atoms with van der Waals surface area (Å²) >= 11 is 12.4. The largest absolute Gasteiger partial charge is 0.340 e. The van der Waals surface area contributed by atoms with Crippen LogP contribution >= 0.6 is 23.2 Å². The van der Waals surface area contributed by atoms with Crippen LogP contribution in [0.15, 0.2) is 52.5 Å². The van der Waals surface area contributed by atoms with Crippen LogP contribution in [-0.4, -0.2) is 52.1 Å². The van der Waals surface area contributed by atoms with Gasteiger partial charge in [-0.15, -0.1) is 0 Å². The normalized spacial score (nSPS) is 25.5.